The van der Waals surface area contributed by atoms with Gasteiger partial charge in [-0.15, -0.1) is 0 Å². The van der Waals surface area contributed by atoms with Gasteiger partial charge in [0.2, 0.25) is 5.91 Å². The Morgan fingerprint density at radius 1 is 1.53 bits per heavy atom. The molecule has 0 radical (unpaired) electrons. The van der Waals surface area contributed by atoms with E-state index in [1.54, 1.807) is 0 Å². The van der Waals surface area contributed by atoms with Gasteiger partial charge in [0.15, 0.2) is 0 Å². The molecule has 0 spiro atoms. The third kappa shape index (κ3) is 2.49. The fraction of sp³-hybridized carbons (Fsp3) is 0.846. The van der Waals surface area contributed by atoms with Crippen LogP contribution < -0.4 is 11.1 Å². The average molecular weight is 283 g/mol. The van der Waals surface area contributed by atoms with Crippen LogP contribution in [0.1, 0.15) is 25.7 Å². The maximum absolute atomic E-state index is 12.1. The predicted molar refractivity (Wildman–Crippen MR) is 75.8 cm³/mol. The number of ether oxygens (including phenoxy) is 1. The van der Waals surface area contributed by atoms with Crippen LogP contribution in [0.3, 0.4) is 0 Å². The van der Waals surface area contributed by atoms with E-state index in [1.165, 1.54) is 12.8 Å². The Morgan fingerprint density at radius 2 is 2.32 bits per heavy atom. The van der Waals surface area contributed by atoms with Gasteiger partial charge in [-0.2, -0.15) is 0 Å². The summed E-state index contributed by atoms with van der Waals surface area (Å²) in [5.74, 6) is -0.0212. The van der Waals surface area contributed by atoms with Crippen LogP contribution in [0.5, 0.6) is 0 Å². The van der Waals surface area contributed by atoms with Crippen LogP contribution in [0, 0.1) is 5.41 Å². The van der Waals surface area contributed by atoms with Crippen molar-refractivity contribution in [2.75, 3.05) is 26.2 Å². The molecule has 0 aromatic heterocycles. The predicted octanol–water partition coefficient (Wildman–Crippen LogP) is 0.0321. The van der Waals surface area contributed by atoms with Gasteiger partial charge < -0.3 is 15.8 Å². The Hall–Kier alpha value is -0.720. The highest BCUT2D eigenvalue weighted by Gasteiger charge is 2.52. The number of amides is 1. The fourth-order valence-electron chi connectivity index (χ4n) is 3.10. The van der Waals surface area contributed by atoms with E-state index < -0.39 is 5.41 Å². The molecule has 3 fully saturated rings. The smallest absolute Gasteiger partial charge is 0.233 e. The first-order chi connectivity index (χ1) is 9.12. The Bertz CT molecular complexity index is 397. The van der Waals surface area contributed by atoms with Crippen molar-refractivity contribution in [1.82, 2.24) is 10.2 Å². The molecule has 2 aliphatic heterocycles. The largest absolute Gasteiger partial charge is 0.392 e. The topological polar surface area (TPSA) is 67.6 Å². The van der Waals surface area contributed by atoms with E-state index in [9.17, 15) is 4.79 Å². The van der Waals surface area contributed by atoms with Gasteiger partial charge in [0, 0.05) is 19.1 Å². The van der Waals surface area contributed by atoms with E-state index in [2.05, 4.69) is 10.2 Å². The zero-order valence-corrected chi connectivity index (χ0v) is 11.9. The van der Waals surface area contributed by atoms with Crippen molar-refractivity contribution in [1.29, 1.82) is 0 Å². The molecule has 2 atom stereocenters. The molecule has 2 saturated heterocycles. The molecule has 106 valence electrons. The highest BCUT2D eigenvalue weighted by molar-refractivity contribution is 7.80. The second-order valence-electron chi connectivity index (χ2n) is 5.90. The number of nitrogens with one attached hydrogen (secondary N) is 1. The summed E-state index contributed by atoms with van der Waals surface area (Å²) in [6.45, 7) is 3.44. The van der Waals surface area contributed by atoms with Crippen LogP contribution in [0.15, 0.2) is 0 Å². The zero-order chi connectivity index (χ0) is 13.5. The summed E-state index contributed by atoms with van der Waals surface area (Å²) in [5, 5.41) is 2.96. The molecular formula is C13H21N3O2S. The van der Waals surface area contributed by atoms with Crippen LogP contribution in [-0.2, 0) is 9.53 Å². The van der Waals surface area contributed by atoms with E-state index in [0.717, 1.165) is 32.5 Å². The second-order valence-corrected chi connectivity index (χ2v) is 6.34. The number of rotatable bonds is 4. The molecule has 1 aliphatic carbocycles. The lowest BCUT2D eigenvalue weighted by Gasteiger charge is -2.35. The molecular weight excluding hydrogens is 262 g/mol. The number of hydrogen-bond donors (Lipinski definition) is 2. The van der Waals surface area contributed by atoms with Gasteiger partial charge in [0.25, 0.3) is 0 Å². The van der Waals surface area contributed by atoms with Gasteiger partial charge in [-0.25, -0.2) is 0 Å². The molecule has 3 N–H and O–H groups in total. The molecule has 1 saturated carbocycles. The van der Waals surface area contributed by atoms with Crippen LogP contribution in [-0.4, -0.2) is 54.2 Å². The first-order valence-electron chi connectivity index (χ1n) is 7.06. The number of carbonyl (C=O) groups excluding carboxylic acids is 1. The van der Waals surface area contributed by atoms with E-state index >= 15 is 0 Å². The molecule has 1 amide bonds. The van der Waals surface area contributed by atoms with Crippen LogP contribution >= 0.6 is 12.2 Å². The maximum Gasteiger partial charge on any atom is 0.233 e. The van der Waals surface area contributed by atoms with E-state index in [0.29, 0.717) is 17.6 Å². The average Bonchev–Trinajstić information content (AvgIpc) is 3.09. The summed E-state index contributed by atoms with van der Waals surface area (Å²) in [7, 11) is 0. The van der Waals surface area contributed by atoms with Crippen molar-refractivity contribution in [2.24, 2.45) is 11.1 Å². The highest BCUT2D eigenvalue weighted by Crippen LogP contribution is 2.46. The maximum atomic E-state index is 12.1. The summed E-state index contributed by atoms with van der Waals surface area (Å²) in [6.07, 6.45) is 4.17. The summed E-state index contributed by atoms with van der Waals surface area (Å²) < 4.78 is 5.82. The van der Waals surface area contributed by atoms with Gasteiger partial charge in [0.1, 0.15) is 0 Å². The Morgan fingerprint density at radius 3 is 3.00 bits per heavy atom. The summed E-state index contributed by atoms with van der Waals surface area (Å²) in [5.41, 5.74) is 5.09. The molecule has 0 bridgehead atoms. The monoisotopic (exact) mass is 283 g/mol. The molecule has 3 rings (SSSR count). The summed E-state index contributed by atoms with van der Waals surface area (Å²) in [6, 6.07) is 0.596. The van der Waals surface area contributed by atoms with Crippen molar-refractivity contribution in [3.8, 4) is 0 Å². The normalized spacial score (nSPS) is 32.6. The summed E-state index contributed by atoms with van der Waals surface area (Å²) in [4.78, 5) is 14.9. The third-order valence-corrected chi connectivity index (χ3v) is 5.00. The minimum atomic E-state index is -0.555. The molecule has 5 nitrogen and oxygen atoms in total. The van der Waals surface area contributed by atoms with Crippen LogP contribution in [0.4, 0.5) is 0 Å². The van der Waals surface area contributed by atoms with Crippen molar-refractivity contribution in [3.05, 3.63) is 0 Å². The number of hydrogen-bond acceptors (Lipinski definition) is 4. The number of carbonyl (C=O) groups is 1. The van der Waals surface area contributed by atoms with E-state index in [4.69, 9.17) is 22.7 Å². The number of fused-ring (bicyclic) bond motifs is 1. The standard InChI is InChI=1S/C13H21N3O2S/c14-11(19)13(3-4-13)12(17)15-6-10-7-16-5-1-2-9(16)8-18-10/h9-10H,1-8H2,(H2,14,19)(H,15,17). The minimum absolute atomic E-state index is 0.0212. The lowest BCUT2D eigenvalue weighted by atomic mass is 10.1. The third-order valence-electron chi connectivity index (χ3n) is 4.61. The van der Waals surface area contributed by atoms with Gasteiger partial charge in [-0.3, -0.25) is 9.69 Å². The molecule has 2 unspecified atom stereocenters. The van der Waals surface area contributed by atoms with E-state index in [1.807, 2.05) is 0 Å². The molecule has 0 aromatic carbocycles. The van der Waals surface area contributed by atoms with Gasteiger partial charge >= 0.3 is 0 Å². The lowest BCUT2D eigenvalue weighted by Crippen LogP contribution is -2.51. The Kier molecular flexibility index (Phi) is 3.49. The molecule has 0 aromatic rings. The van der Waals surface area contributed by atoms with Crippen LogP contribution in [0.25, 0.3) is 0 Å². The first-order valence-corrected chi connectivity index (χ1v) is 7.46. The lowest BCUT2D eigenvalue weighted by molar-refractivity contribution is -0.125. The van der Waals surface area contributed by atoms with Gasteiger partial charge in [-0.05, 0) is 32.2 Å². The van der Waals surface area contributed by atoms with Crippen molar-refractivity contribution < 1.29 is 9.53 Å². The number of thiocarbonyl (C=S) groups is 1. The number of nitrogens with two attached hydrogens (primary N) is 1. The highest BCUT2D eigenvalue weighted by atomic mass is 32.1. The second kappa shape index (κ2) is 5.00. The Labute approximate surface area is 118 Å². The minimum Gasteiger partial charge on any atom is -0.392 e. The zero-order valence-electron chi connectivity index (χ0n) is 11.1. The van der Waals surface area contributed by atoms with Crippen LogP contribution in [0.2, 0.25) is 0 Å². The SMILES string of the molecule is NC(=S)C1(C(=O)NCC2CN3CCCC3CO2)CC1. The van der Waals surface area contributed by atoms with Crippen molar-refractivity contribution in [2.45, 2.75) is 37.8 Å². The van der Waals surface area contributed by atoms with Crippen molar-refractivity contribution in [3.63, 3.8) is 0 Å². The number of nitrogens with zero attached hydrogens (tertiary/aromatic N) is 1. The summed E-state index contributed by atoms with van der Waals surface area (Å²) >= 11 is 4.98. The van der Waals surface area contributed by atoms with Crippen molar-refractivity contribution >= 4 is 23.1 Å². The van der Waals surface area contributed by atoms with Gasteiger partial charge in [-0.1, -0.05) is 12.2 Å². The molecule has 3 aliphatic rings. The fourth-order valence-corrected chi connectivity index (χ4v) is 3.39. The van der Waals surface area contributed by atoms with E-state index in [-0.39, 0.29) is 12.0 Å². The Balaban J connectivity index is 1.48. The molecule has 2 heterocycles. The molecule has 6 heteroatoms. The quantitative estimate of drug-likeness (QED) is 0.713. The molecule has 19 heavy (non-hydrogen) atoms. The van der Waals surface area contributed by atoms with Gasteiger partial charge in [0.05, 0.1) is 23.1 Å². The number of morpholine rings is 1. The first kappa shape index (κ1) is 13.3.